The van der Waals surface area contributed by atoms with E-state index in [0.717, 1.165) is 17.7 Å². The molecule has 0 radical (unpaired) electrons. The van der Waals surface area contributed by atoms with E-state index in [1.165, 1.54) is 6.20 Å². The summed E-state index contributed by atoms with van der Waals surface area (Å²) in [6.45, 7) is 1.77. The minimum absolute atomic E-state index is 0.127. The maximum Gasteiger partial charge on any atom is 0.194 e. The van der Waals surface area contributed by atoms with Crippen molar-refractivity contribution in [1.29, 1.82) is 0 Å². The third-order valence-corrected chi connectivity index (χ3v) is 2.82. The third-order valence-electron chi connectivity index (χ3n) is 2.82. The lowest BCUT2D eigenvalue weighted by Gasteiger charge is -2.16. The van der Waals surface area contributed by atoms with Crippen molar-refractivity contribution in [2.45, 2.75) is 13.0 Å². The van der Waals surface area contributed by atoms with Crippen molar-refractivity contribution in [3.05, 3.63) is 58.5 Å². The van der Waals surface area contributed by atoms with E-state index in [9.17, 15) is 13.2 Å². The summed E-state index contributed by atoms with van der Waals surface area (Å²) in [6.07, 6.45) is 1.53. The summed E-state index contributed by atoms with van der Waals surface area (Å²) in [5.74, 6) is -3.99. The number of benzene rings is 1. The highest BCUT2D eigenvalue weighted by Crippen LogP contribution is 2.27. The van der Waals surface area contributed by atoms with Crippen LogP contribution in [0.25, 0.3) is 0 Å². The van der Waals surface area contributed by atoms with Crippen molar-refractivity contribution >= 4 is 5.82 Å². The fourth-order valence-electron chi connectivity index (χ4n) is 1.80. The van der Waals surface area contributed by atoms with Gasteiger partial charge in [-0.15, -0.1) is 0 Å². The number of aromatic nitrogens is 1. The molecule has 0 bridgehead atoms. The van der Waals surface area contributed by atoms with Crippen LogP contribution >= 0.6 is 0 Å². The lowest BCUT2D eigenvalue weighted by molar-refractivity contribution is 0.438. The zero-order chi connectivity index (χ0) is 14.2. The molecule has 0 aliphatic rings. The predicted octanol–water partition coefficient (Wildman–Crippen LogP) is 2.44. The van der Waals surface area contributed by atoms with Crippen LogP contribution in [0.2, 0.25) is 0 Å². The summed E-state index contributed by atoms with van der Waals surface area (Å²) in [5.41, 5.74) is 12.5. The van der Waals surface area contributed by atoms with Crippen LogP contribution in [0.5, 0.6) is 0 Å². The fraction of sp³-hybridized carbons (Fsp3) is 0.154. The topological polar surface area (TPSA) is 64.9 Å². The van der Waals surface area contributed by atoms with Gasteiger partial charge in [0.05, 0.1) is 6.04 Å². The van der Waals surface area contributed by atoms with Gasteiger partial charge < -0.3 is 11.5 Å². The number of pyridine rings is 1. The van der Waals surface area contributed by atoms with Crippen molar-refractivity contribution < 1.29 is 13.2 Å². The second kappa shape index (κ2) is 4.89. The van der Waals surface area contributed by atoms with Crippen LogP contribution in [-0.4, -0.2) is 4.98 Å². The van der Waals surface area contributed by atoms with E-state index in [-0.39, 0.29) is 11.4 Å². The molecule has 0 spiro atoms. The molecule has 3 nitrogen and oxygen atoms in total. The number of aryl methyl sites for hydroxylation is 1. The lowest BCUT2D eigenvalue weighted by Crippen LogP contribution is -2.17. The molecule has 0 aliphatic carbocycles. The molecule has 0 saturated carbocycles. The van der Waals surface area contributed by atoms with Crippen LogP contribution in [0.4, 0.5) is 19.0 Å². The van der Waals surface area contributed by atoms with Crippen LogP contribution < -0.4 is 11.5 Å². The number of hydrogen-bond acceptors (Lipinski definition) is 3. The first-order valence-electron chi connectivity index (χ1n) is 5.52. The zero-order valence-corrected chi connectivity index (χ0v) is 10.1. The van der Waals surface area contributed by atoms with E-state index in [2.05, 4.69) is 4.98 Å². The molecule has 4 N–H and O–H groups in total. The van der Waals surface area contributed by atoms with Gasteiger partial charge in [0.1, 0.15) is 5.82 Å². The van der Waals surface area contributed by atoms with Crippen LogP contribution in [0.1, 0.15) is 22.7 Å². The Morgan fingerprint density at radius 2 is 1.79 bits per heavy atom. The predicted molar refractivity (Wildman–Crippen MR) is 65.7 cm³/mol. The minimum Gasteiger partial charge on any atom is -0.383 e. The van der Waals surface area contributed by atoms with Gasteiger partial charge in [-0.05, 0) is 24.6 Å². The van der Waals surface area contributed by atoms with Gasteiger partial charge in [0, 0.05) is 17.3 Å². The molecule has 1 heterocycles. The number of rotatable bonds is 2. The fourth-order valence-corrected chi connectivity index (χ4v) is 1.80. The summed E-state index contributed by atoms with van der Waals surface area (Å²) in [6, 6.07) is 2.54. The highest BCUT2D eigenvalue weighted by atomic mass is 19.2. The number of anilines is 1. The zero-order valence-electron chi connectivity index (χ0n) is 10.1. The summed E-state index contributed by atoms with van der Waals surface area (Å²) < 4.78 is 39.7. The van der Waals surface area contributed by atoms with E-state index < -0.39 is 23.5 Å². The number of nitrogens with two attached hydrogens (primary N) is 2. The molecule has 1 atom stereocenters. The van der Waals surface area contributed by atoms with Gasteiger partial charge in [-0.1, -0.05) is 6.07 Å². The Labute approximate surface area is 108 Å². The number of halogens is 3. The third kappa shape index (κ3) is 2.39. The number of hydrogen-bond donors (Lipinski definition) is 2. The van der Waals surface area contributed by atoms with Gasteiger partial charge in [-0.2, -0.15) is 0 Å². The van der Waals surface area contributed by atoms with Crippen LogP contribution in [0.3, 0.4) is 0 Å². The molecule has 0 amide bonds. The molecule has 1 aromatic carbocycles. The largest absolute Gasteiger partial charge is 0.383 e. The SMILES string of the molecule is Cc1cnc(N)c(C(N)c2ccc(F)c(F)c2F)c1. The standard InChI is InChI=1S/C13H12F3N3/c1-6-4-8(13(18)19-5-6)12(17)7-2-3-9(14)11(16)10(7)15/h2-5,12H,17H2,1H3,(H2,18,19). The van der Waals surface area contributed by atoms with Crippen molar-refractivity contribution in [3.63, 3.8) is 0 Å². The maximum absolute atomic E-state index is 13.7. The Balaban J connectivity index is 2.53. The molecule has 0 fully saturated rings. The van der Waals surface area contributed by atoms with Crippen molar-refractivity contribution in [2.75, 3.05) is 5.73 Å². The molecule has 2 aromatic rings. The monoisotopic (exact) mass is 267 g/mol. The quantitative estimate of drug-likeness (QED) is 0.821. The molecule has 100 valence electrons. The summed E-state index contributed by atoms with van der Waals surface area (Å²) in [5, 5.41) is 0. The van der Waals surface area contributed by atoms with E-state index in [0.29, 0.717) is 5.56 Å². The Bertz CT molecular complexity index is 629. The van der Waals surface area contributed by atoms with E-state index in [1.54, 1.807) is 13.0 Å². The first-order valence-corrected chi connectivity index (χ1v) is 5.52. The first kappa shape index (κ1) is 13.4. The molecular formula is C13H12F3N3. The normalized spacial score (nSPS) is 12.5. The van der Waals surface area contributed by atoms with E-state index in [4.69, 9.17) is 11.5 Å². The van der Waals surface area contributed by atoms with Crippen LogP contribution in [-0.2, 0) is 0 Å². The molecule has 19 heavy (non-hydrogen) atoms. The molecule has 6 heteroatoms. The van der Waals surface area contributed by atoms with Gasteiger partial charge >= 0.3 is 0 Å². The van der Waals surface area contributed by atoms with Gasteiger partial charge in [-0.25, -0.2) is 18.2 Å². The molecular weight excluding hydrogens is 255 g/mol. The lowest BCUT2D eigenvalue weighted by atomic mass is 9.98. The second-order valence-corrected chi connectivity index (χ2v) is 4.23. The van der Waals surface area contributed by atoms with Crippen LogP contribution in [0.15, 0.2) is 24.4 Å². The molecule has 0 aliphatic heterocycles. The molecule has 2 rings (SSSR count). The Hall–Kier alpha value is -2.08. The van der Waals surface area contributed by atoms with Crippen molar-refractivity contribution in [1.82, 2.24) is 4.98 Å². The Morgan fingerprint density at radius 1 is 1.11 bits per heavy atom. The van der Waals surface area contributed by atoms with Crippen molar-refractivity contribution in [2.24, 2.45) is 5.73 Å². The van der Waals surface area contributed by atoms with Gasteiger partial charge in [0.25, 0.3) is 0 Å². The summed E-state index contributed by atoms with van der Waals surface area (Å²) in [7, 11) is 0. The first-order chi connectivity index (χ1) is 8.91. The average molecular weight is 267 g/mol. The molecule has 1 unspecified atom stereocenters. The minimum atomic E-state index is -1.55. The summed E-state index contributed by atoms with van der Waals surface area (Å²) in [4.78, 5) is 3.90. The van der Waals surface area contributed by atoms with Gasteiger partial charge in [-0.3, -0.25) is 0 Å². The molecule has 0 saturated heterocycles. The Morgan fingerprint density at radius 3 is 2.47 bits per heavy atom. The van der Waals surface area contributed by atoms with Gasteiger partial charge in [0.2, 0.25) is 0 Å². The second-order valence-electron chi connectivity index (χ2n) is 4.23. The summed E-state index contributed by atoms with van der Waals surface area (Å²) >= 11 is 0. The highest BCUT2D eigenvalue weighted by molar-refractivity contribution is 5.47. The highest BCUT2D eigenvalue weighted by Gasteiger charge is 2.21. The number of nitrogen functional groups attached to an aromatic ring is 1. The van der Waals surface area contributed by atoms with Crippen LogP contribution in [0, 0.1) is 24.4 Å². The van der Waals surface area contributed by atoms with Gasteiger partial charge in [0.15, 0.2) is 17.5 Å². The average Bonchev–Trinajstić information content (AvgIpc) is 2.38. The number of nitrogens with zero attached hydrogens (tertiary/aromatic N) is 1. The van der Waals surface area contributed by atoms with E-state index >= 15 is 0 Å². The van der Waals surface area contributed by atoms with E-state index in [1.807, 2.05) is 0 Å². The maximum atomic E-state index is 13.7. The smallest absolute Gasteiger partial charge is 0.194 e. The molecule has 1 aromatic heterocycles. The van der Waals surface area contributed by atoms with Crippen molar-refractivity contribution in [3.8, 4) is 0 Å². The Kier molecular flexibility index (Phi) is 3.44.